The fourth-order valence-corrected chi connectivity index (χ4v) is 2.84. The van der Waals surface area contributed by atoms with Gasteiger partial charge in [0.1, 0.15) is 11.6 Å². The quantitative estimate of drug-likeness (QED) is 0.676. The molecule has 1 amide bonds. The Balaban J connectivity index is 1.67. The molecule has 0 aliphatic heterocycles. The Morgan fingerprint density at radius 3 is 2.46 bits per heavy atom. The number of methoxy groups -OCH3 is 1. The number of carbonyl (C=O) groups excluding carboxylic acids is 1. The number of ether oxygens (including phenoxy) is 1. The molecule has 2 aromatic carbocycles. The molecule has 1 aromatic heterocycles. The largest absolute Gasteiger partial charge is 0.497 e. The van der Waals surface area contributed by atoms with Crippen molar-refractivity contribution in [2.45, 2.75) is 6.04 Å². The SMILES string of the molecule is COc1ccc(-c2cc(C(=O)NC[C@@H](c3ccc(F)cc3)N(C)C)no2)cc1. The van der Waals surface area contributed by atoms with E-state index in [0.29, 0.717) is 12.3 Å². The third-order valence-electron chi connectivity index (χ3n) is 4.45. The van der Waals surface area contributed by atoms with Crippen molar-refractivity contribution < 1.29 is 18.4 Å². The first-order chi connectivity index (χ1) is 13.5. The van der Waals surface area contributed by atoms with Crippen LogP contribution in [0.25, 0.3) is 11.3 Å². The normalized spacial score (nSPS) is 12.0. The highest BCUT2D eigenvalue weighted by Gasteiger charge is 2.18. The Bertz CT molecular complexity index is 921. The molecule has 0 radical (unpaired) electrons. The van der Waals surface area contributed by atoms with E-state index in [0.717, 1.165) is 16.9 Å². The minimum Gasteiger partial charge on any atom is -0.497 e. The Hall–Kier alpha value is -3.19. The lowest BCUT2D eigenvalue weighted by Crippen LogP contribution is -2.34. The summed E-state index contributed by atoms with van der Waals surface area (Å²) in [6, 6.07) is 15.0. The number of rotatable bonds is 7. The lowest BCUT2D eigenvalue weighted by atomic mass is 10.1. The van der Waals surface area contributed by atoms with Crippen molar-refractivity contribution in [3.8, 4) is 17.1 Å². The smallest absolute Gasteiger partial charge is 0.273 e. The van der Waals surface area contributed by atoms with Crippen molar-refractivity contribution >= 4 is 5.91 Å². The molecule has 1 N–H and O–H groups in total. The highest BCUT2D eigenvalue weighted by molar-refractivity contribution is 5.93. The third kappa shape index (κ3) is 4.55. The molecular weight excluding hydrogens is 361 g/mol. The van der Waals surface area contributed by atoms with Gasteiger partial charge in [0.15, 0.2) is 11.5 Å². The molecule has 0 aliphatic rings. The highest BCUT2D eigenvalue weighted by Crippen LogP contribution is 2.23. The van der Waals surface area contributed by atoms with Gasteiger partial charge in [0.25, 0.3) is 5.91 Å². The zero-order valence-electron chi connectivity index (χ0n) is 16.0. The molecule has 1 atom stereocenters. The number of nitrogens with zero attached hydrogens (tertiary/aromatic N) is 2. The summed E-state index contributed by atoms with van der Waals surface area (Å²) in [5, 5.41) is 6.72. The summed E-state index contributed by atoms with van der Waals surface area (Å²) in [6.07, 6.45) is 0. The van der Waals surface area contributed by atoms with Gasteiger partial charge >= 0.3 is 0 Å². The molecule has 0 saturated heterocycles. The van der Waals surface area contributed by atoms with Crippen LogP contribution in [0.1, 0.15) is 22.1 Å². The maximum Gasteiger partial charge on any atom is 0.273 e. The van der Waals surface area contributed by atoms with Crippen LogP contribution in [0.5, 0.6) is 5.75 Å². The summed E-state index contributed by atoms with van der Waals surface area (Å²) in [5.41, 5.74) is 1.90. The van der Waals surface area contributed by atoms with Crippen LogP contribution < -0.4 is 10.1 Å². The van der Waals surface area contributed by atoms with Crippen molar-refractivity contribution in [3.05, 3.63) is 71.7 Å². The summed E-state index contributed by atoms with van der Waals surface area (Å²) in [4.78, 5) is 14.4. The van der Waals surface area contributed by atoms with E-state index in [4.69, 9.17) is 9.26 Å². The van der Waals surface area contributed by atoms with Crippen LogP contribution in [0.15, 0.2) is 59.1 Å². The van der Waals surface area contributed by atoms with Crippen molar-refractivity contribution in [1.82, 2.24) is 15.4 Å². The van der Waals surface area contributed by atoms with Gasteiger partial charge in [0.05, 0.1) is 13.2 Å². The number of benzene rings is 2. The van der Waals surface area contributed by atoms with Crippen molar-refractivity contribution in [3.63, 3.8) is 0 Å². The standard InChI is InChI=1S/C21H22FN3O3/c1-25(2)19(14-4-8-16(22)9-5-14)13-23-21(26)18-12-20(28-24-18)15-6-10-17(27-3)11-7-15/h4-12,19H,13H2,1-3H3,(H,23,26)/t19-/m0/s1. The molecular formula is C21H22FN3O3. The first-order valence-electron chi connectivity index (χ1n) is 8.79. The number of halogens is 1. The second-order valence-electron chi connectivity index (χ2n) is 6.55. The summed E-state index contributed by atoms with van der Waals surface area (Å²) in [7, 11) is 5.40. The molecule has 0 fully saturated rings. The van der Waals surface area contributed by atoms with E-state index in [1.807, 2.05) is 43.3 Å². The number of hydrogen-bond acceptors (Lipinski definition) is 5. The molecule has 3 aromatic rings. The van der Waals surface area contributed by atoms with E-state index >= 15 is 0 Å². The Kier molecular flexibility index (Phi) is 6.06. The van der Waals surface area contributed by atoms with Crippen LogP contribution in [-0.2, 0) is 0 Å². The van der Waals surface area contributed by atoms with Gasteiger partial charge in [-0.15, -0.1) is 0 Å². The Morgan fingerprint density at radius 1 is 1.18 bits per heavy atom. The topological polar surface area (TPSA) is 67.6 Å². The van der Waals surface area contributed by atoms with Crippen molar-refractivity contribution in [2.24, 2.45) is 0 Å². The van der Waals surface area contributed by atoms with E-state index in [1.54, 1.807) is 25.3 Å². The molecule has 0 spiro atoms. The predicted molar refractivity (Wildman–Crippen MR) is 104 cm³/mol. The van der Waals surface area contributed by atoms with Gasteiger partial charge in [-0.25, -0.2) is 4.39 Å². The fourth-order valence-electron chi connectivity index (χ4n) is 2.84. The van der Waals surface area contributed by atoms with E-state index in [2.05, 4.69) is 10.5 Å². The second kappa shape index (κ2) is 8.67. The monoisotopic (exact) mass is 383 g/mol. The lowest BCUT2D eigenvalue weighted by Gasteiger charge is -2.25. The minimum absolute atomic E-state index is 0.0995. The third-order valence-corrected chi connectivity index (χ3v) is 4.45. The van der Waals surface area contributed by atoms with E-state index in [-0.39, 0.29) is 23.5 Å². The van der Waals surface area contributed by atoms with Gasteiger partial charge in [-0.1, -0.05) is 17.3 Å². The van der Waals surface area contributed by atoms with Crippen LogP contribution in [0.2, 0.25) is 0 Å². The maximum absolute atomic E-state index is 13.2. The number of amides is 1. The average molecular weight is 383 g/mol. The molecule has 3 rings (SSSR count). The van der Waals surface area contributed by atoms with Crippen LogP contribution >= 0.6 is 0 Å². The number of carbonyl (C=O) groups is 1. The molecule has 1 heterocycles. The Labute approximate surface area is 162 Å². The summed E-state index contributed by atoms with van der Waals surface area (Å²) >= 11 is 0. The van der Waals surface area contributed by atoms with Gasteiger partial charge in [0, 0.05) is 18.2 Å². The maximum atomic E-state index is 13.2. The van der Waals surface area contributed by atoms with Gasteiger partial charge in [-0.2, -0.15) is 0 Å². The first kappa shape index (κ1) is 19.6. The summed E-state index contributed by atoms with van der Waals surface area (Å²) in [6.45, 7) is 0.349. The molecule has 146 valence electrons. The number of aromatic nitrogens is 1. The zero-order chi connectivity index (χ0) is 20.1. The molecule has 0 aliphatic carbocycles. The fraction of sp³-hybridized carbons (Fsp3) is 0.238. The molecule has 7 heteroatoms. The molecule has 28 heavy (non-hydrogen) atoms. The second-order valence-corrected chi connectivity index (χ2v) is 6.55. The molecule has 0 saturated carbocycles. The highest BCUT2D eigenvalue weighted by atomic mass is 19.1. The number of hydrogen-bond donors (Lipinski definition) is 1. The van der Waals surface area contributed by atoms with E-state index in [9.17, 15) is 9.18 Å². The van der Waals surface area contributed by atoms with Gasteiger partial charge in [-0.05, 0) is 56.1 Å². The van der Waals surface area contributed by atoms with Crippen LogP contribution in [0.3, 0.4) is 0 Å². The number of nitrogens with one attached hydrogen (secondary N) is 1. The summed E-state index contributed by atoms with van der Waals surface area (Å²) in [5.74, 6) is 0.601. The van der Waals surface area contributed by atoms with Crippen LogP contribution in [0, 0.1) is 5.82 Å². The minimum atomic E-state index is -0.336. The zero-order valence-corrected chi connectivity index (χ0v) is 16.0. The van der Waals surface area contributed by atoms with Crippen molar-refractivity contribution in [1.29, 1.82) is 0 Å². The average Bonchev–Trinajstić information content (AvgIpc) is 3.19. The number of likely N-dealkylation sites (N-methyl/N-ethyl adjacent to an activating group) is 1. The molecule has 0 bridgehead atoms. The molecule has 0 unspecified atom stereocenters. The lowest BCUT2D eigenvalue weighted by molar-refractivity contribution is 0.0933. The molecule has 6 nitrogen and oxygen atoms in total. The van der Waals surface area contributed by atoms with Gasteiger partial charge < -0.3 is 19.5 Å². The van der Waals surface area contributed by atoms with Gasteiger partial charge in [-0.3, -0.25) is 4.79 Å². The summed E-state index contributed by atoms with van der Waals surface area (Å²) < 4.78 is 23.6. The van der Waals surface area contributed by atoms with Crippen LogP contribution in [0.4, 0.5) is 4.39 Å². The van der Waals surface area contributed by atoms with Crippen LogP contribution in [-0.4, -0.2) is 43.7 Å². The van der Waals surface area contributed by atoms with Crippen molar-refractivity contribution in [2.75, 3.05) is 27.7 Å². The van der Waals surface area contributed by atoms with E-state index < -0.39 is 0 Å². The predicted octanol–water partition coefficient (Wildman–Crippen LogP) is 3.52. The van der Waals surface area contributed by atoms with E-state index in [1.165, 1.54) is 12.1 Å². The first-order valence-corrected chi connectivity index (χ1v) is 8.79. The van der Waals surface area contributed by atoms with Gasteiger partial charge in [0.2, 0.25) is 0 Å². The Morgan fingerprint density at radius 2 is 1.86 bits per heavy atom.